The molecule has 0 atom stereocenters. The van der Waals surface area contributed by atoms with Crippen molar-refractivity contribution in [1.82, 2.24) is 14.9 Å². The molecule has 7 nitrogen and oxygen atoms in total. The first kappa shape index (κ1) is 28.3. The Balaban J connectivity index is 1.66. The predicted molar refractivity (Wildman–Crippen MR) is 153 cm³/mol. The topological polar surface area (TPSA) is 87.4 Å². The van der Waals surface area contributed by atoms with Crippen molar-refractivity contribution in [3.05, 3.63) is 76.4 Å². The zero-order valence-electron chi connectivity index (χ0n) is 21.7. The second-order valence-electron chi connectivity index (χ2n) is 9.46. The number of fused-ring (bicyclic) bond motifs is 1. The number of hydrogen-bond donors (Lipinski definition) is 2. The molecular formula is C28H28BrF3N6O. The molecule has 0 aliphatic rings. The van der Waals surface area contributed by atoms with Gasteiger partial charge in [-0.1, -0.05) is 12.1 Å². The fourth-order valence-corrected chi connectivity index (χ4v) is 4.61. The maximum absolute atomic E-state index is 13.5. The lowest BCUT2D eigenvalue weighted by atomic mass is 10.0. The maximum atomic E-state index is 13.5. The molecule has 3 aromatic carbocycles. The fourth-order valence-electron chi connectivity index (χ4n) is 4.19. The number of carbonyl (C=O) groups is 1. The van der Waals surface area contributed by atoms with Crippen molar-refractivity contribution in [1.29, 1.82) is 0 Å². The molecule has 204 valence electrons. The van der Waals surface area contributed by atoms with E-state index in [2.05, 4.69) is 31.2 Å². The molecule has 0 fully saturated rings. The van der Waals surface area contributed by atoms with Crippen molar-refractivity contribution in [3.63, 3.8) is 0 Å². The van der Waals surface area contributed by atoms with Crippen LogP contribution in [0.1, 0.15) is 22.3 Å². The number of nitrogens with one attached hydrogen (secondary N) is 1. The highest BCUT2D eigenvalue weighted by Crippen LogP contribution is 2.36. The van der Waals surface area contributed by atoms with E-state index in [9.17, 15) is 18.0 Å². The van der Waals surface area contributed by atoms with Gasteiger partial charge in [-0.25, -0.2) is 9.97 Å². The van der Waals surface area contributed by atoms with E-state index < -0.39 is 17.6 Å². The van der Waals surface area contributed by atoms with Crippen LogP contribution in [-0.2, 0) is 6.18 Å². The molecule has 39 heavy (non-hydrogen) atoms. The number of rotatable bonds is 8. The summed E-state index contributed by atoms with van der Waals surface area (Å²) in [5, 5.41) is 3.50. The summed E-state index contributed by atoms with van der Waals surface area (Å²) in [5.74, 6) is -0.363. The zero-order chi connectivity index (χ0) is 28.3. The largest absolute Gasteiger partial charge is 0.416 e. The van der Waals surface area contributed by atoms with Crippen molar-refractivity contribution in [2.75, 3.05) is 50.2 Å². The smallest absolute Gasteiger partial charge is 0.373 e. The molecule has 4 aromatic rings. The van der Waals surface area contributed by atoms with Gasteiger partial charge >= 0.3 is 6.18 Å². The van der Waals surface area contributed by atoms with Crippen LogP contribution in [0.25, 0.3) is 22.0 Å². The second-order valence-corrected chi connectivity index (χ2v) is 10.3. The highest BCUT2D eigenvalue weighted by atomic mass is 79.9. The first-order valence-corrected chi connectivity index (χ1v) is 12.9. The Morgan fingerprint density at radius 1 is 1.00 bits per heavy atom. The van der Waals surface area contributed by atoms with Crippen LogP contribution >= 0.6 is 15.9 Å². The molecule has 1 heterocycles. The number of carbonyl (C=O) groups excluding carboxylic acids is 1. The third-order valence-electron chi connectivity index (χ3n) is 6.22. The average molecular weight is 601 g/mol. The SMILES string of the molecule is CN(C)CCCN(C)c1ccc(C(F)(F)F)cc1NC(=O)c1cc(-c2ccc3nc(N)ncc3c2)ccc1Br. The van der Waals surface area contributed by atoms with E-state index in [1.165, 1.54) is 6.07 Å². The summed E-state index contributed by atoms with van der Waals surface area (Å²) in [6.45, 7) is 1.42. The maximum Gasteiger partial charge on any atom is 0.416 e. The Hall–Kier alpha value is -3.70. The van der Waals surface area contributed by atoms with Gasteiger partial charge < -0.3 is 20.9 Å². The monoisotopic (exact) mass is 600 g/mol. The van der Waals surface area contributed by atoms with Crippen LogP contribution in [0.4, 0.5) is 30.5 Å². The Morgan fingerprint density at radius 3 is 2.44 bits per heavy atom. The van der Waals surface area contributed by atoms with Crippen LogP contribution in [0.3, 0.4) is 0 Å². The molecule has 0 spiro atoms. The van der Waals surface area contributed by atoms with Crippen molar-refractivity contribution in [2.24, 2.45) is 0 Å². The third-order valence-corrected chi connectivity index (χ3v) is 6.92. The van der Waals surface area contributed by atoms with Gasteiger partial charge in [0.05, 0.1) is 28.0 Å². The van der Waals surface area contributed by atoms with E-state index in [0.29, 0.717) is 22.2 Å². The lowest BCUT2D eigenvalue weighted by Gasteiger charge is -2.24. The highest BCUT2D eigenvalue weighted by molar-refractivity contribution is 9.10. The standard InChI is InChI=1S/C28H28BrF3N6O/c1-37(2)11-4-12-38(3)25-10-7-20(28(30,31)32)15-24(25)35-26(39)21-14-18(5-8-22(21)29)17-6-9-23-19(13-17)16-34-27(33)36-23/h5-10,13-16H,4,11-12H2,1-3H3,(H,35,39)(H2,33,34,36). The van der Waals surface area contributed by atoms with Gasteiger partial charge in [0.15, 0.2) is 0 Å². The minimum atomic E-state index is -4.55. The Morgan fingerprint density at radius 2 is 1.72 bits per heavy atom. The molecule has 11 heteroatoms. The number of anilines is 3. The zero-order valence-corrected chi connectivity index (χ0v) is 23.3. The first-order valence-electron chi connectivity index (χ1n) is 12.1. The van der Waals surface area contributed by atoms with E-state index in [1.807, 2.05) is 48.2 Å². The molecule has 0 aliphatic carbocycles. The summed E-state index contributed by atoms with van der Waals surface area (Å²) in [6, 6.07) is 14.2. The van der Waals surface area contributed by atoms with Crippen LogP contribution in [0, 0.1) is 0 Å². The number of aromatic nitrogens is 2. The minimum absolute atomic E-state index is 0.0833. The molecule has 3 N–H and O–H groups in total. The summed E-state index contributed by atoms with van der Waals surface area (Å²) in [4.78, 5) is 25.5. The molecule has 0 aliphatic heterocycles. The Labute approximate surface area is 233 Å². The van der Waals surface area contributed by atoms with Gasteiger partial charge in [-0.3, -0.25) is 4.79 Å². The lowest BCUT2D eigenvalue weighted by Crippen LogP contribution is -2.25. The van der Waals surface area contributed by atoms with Crippen LogP contribution in [0.2, 0.25) is 0 Å². The van der Waals surface area contributed by atoms with Gasteiger partial charge in [-0.15, -0.1) is 0 Å². The molecule has 1 amide bonds. The first-order chi connectivity index (χ1) is 18.4. The van der Waals surface area contributed by atoms with E-state index in [-0.39, 0.29) is 17.2 Å². The van der Waals surface area contributed by atoms with Crippen molar-refractivity contribution in [3.8, 4) is 11.1 Å². The minimum Gasteiger partial charge on any atom is -0.373 e. The van der Waals surface area contributed by atoms with Crippen LogP contribution in [0.15, 0.2) is 65.3 Å². The van der Waals surface area contributed by atoms with Gasteiger partial charge in [0, 0.05) is 29.6 Å². The summed E-state index contributed by atoms with van der Waals surface area (Å²) in [7, 11) is 5.70. The quantitative estimate of drug-likeness (QED) is 0.247. The fraction of sp³-hybridized carbons (Fsp3) is 0.250. The molecule has 4 rings (SSSR count). The normalized spacial score (nSPS) is 11.7. The van der Waals surface area contributed by atoms with E-state index in [4.69, 9.17) is 5.73 Å². The van der Waals surface area contributed by atoms with Gasteiger partial charge in [-0.05, 0) is 96.6 Å². The van der Waals surface area contributed by atoms with Crippen molar-refractivity contribution < 1.29 is 18.0 Å². The number of nitrogen functional groups attached to an aromatic ring is 1. The Bertz CT molecular complexity index is 1510. The van der Waals surface area contributed by atoms with Crippen LogP contribution in [-0.4, -0.2) is 55.0 Å². The molecule has 0 saturated carbocycles. The van der Waals surface area contributed by atoms with Gasteiger partial charge in [0.1, 0.15) is 0 Å². The molecular weight excluding hydrogens is 573 g/mol. The average Bonchev–Trinajstić information content (AvgIpc) is 2.87. The van der Waals surface area contributed by atoms with Gasteiger partial charge in [0.25, 0.3) is 5.91 Å². The Kier molecular flexibility index (Phi) is 8.41. The van der Waals surface area contributed by atoms with E-state index in [0.717, 1.165) is 41.6 Å². The number of hydrogen-bond acceptors (Lipinski definition) is 6. The van der Waals surface area contributed by atoms with Crippen LogP contribution in [0.5, 0.6) is 0 Å². The van der Waals surface area contributed by atoms with E-state index in [1.54, 1.807) is 25.4 Å². The van der Waals surface area contributed by atoms with E-state index >= 15 is 0 Å². The molecule has 0 unspecified atom stereocenters. The number of nitrogens with zero attached hydrogens (tertiary/aromatic N) is 4. The number of benzene rings is 3. The number of halogens is 4. The van der Waals surface area contributed by atoms with Crippen LogP contribution < -0.4 is 16.0 Å². The molecule has 1 aromatic heterocycles. The van der Waals surface area contributed by atoms with Gasteiger partial charge in [0.2, 0.25) is 5.95 Å². The number of alkyl halides is 3. The number of nitrogens with two attached hydrogens (primary N) is 1. The molecule has 0 radical (unpaired) electrons. The summed E-state index contributed by atoms with van der Waals surface area (Å²) >= 11 is 3.42. The highest BCUT2D eigenvalue weighted by Gasteiger charge is 2.31. The summed E-state index contributed by atoms with van der Waals surface area (Å²) in [5.41, 5.74) is 7.93. The summed E-state index contributed by atoms with van der Waals surface area (Å²) < 4.78 is 41.1. The van der Waals surface area contributed by atoms with Crippen molar-refractivity contribution >= 4 is 50.1 Å². The molecule has 0 saturated heterocycles. The molecule has 0 bridgehead atoms. The van der Waals surface area contributed by atoms with Gasteiger partial charge in [-0.2, -0.15) is 13.2 Å². The predicted octanol–water partition coefficient (Wildman–Crippen LogP) is 6.30. The number of amides is 1. The second kappa shape index (κ2) is 11.6. The third kappa shape index (κ3) is 6.85. The summed E-state index contributed by atoms with van der Waals surface area (Å²) in [6.07, 6.45) is -2.13. The van der Waals surface area contributed by atoms with Crippen molar-refractivity contribution in [2.45, 2.75) is 12.6 Å². The lowest BCUT2D eigenvalue weighted by molar-refractivity contribution is -0.137.